The molecule has 1 aliphatic rings. The van der Waals surface area contributed by atoms with Crippen molar-refractivity contribution in [2.24, 2.45) is 0 Å². The van der Waals surface area contributed by atoms with Crippen molar-refractivity contribution < 1.29 is 0 Å². The van der Waals surface area contributed by atoms with Gasteiger partial charge >= 0.3 is 0 Å². The van der Waals surface area contributed by atoms with Gasteiger partial charge in [-0.1, -0.05) is 0 Å². The van der Waals surface area contributed by atoms with Crippen molar-refractivity contribution in [3.8, 4) is 0 Å². The van der Waals surface area contributed by atoms with Crippen LogP contribution in [-0.2, 0) is 0 Å². The van der Waals surface area contributed by atoms with E-state index in [2.05, 4.69) is 38.9 Å². The minimum absolute atomic E-state index is 0.341. The van der Waals surface area contributed by atoms with E-state index in [1.165, 1.54) is 0 Å². The largest absolute Gasteiger partial charge is 0.368 e. The molecule has 2 rings (SSSR count). The number of nitrogens with one attached hydrogen (secondary N) is 1. The lowest BCUT2D eigenvalue weighted by Crippen LogP contribution is -2.31. The van der Waals surface area contributed by atoms with Crippen LogP contribution in [0.2, 0.25) is 0 Å². The van der Waals surface area contributed by atoms with Gasteiger partial charge in [0.2, 0.25) is 5.95 Å². The van der Waals surface area contributed by atoms with Crippen LogP contribution in [-0.4, -0.2) is 49.2 Å². The number of hydrogen-bond acceptors (Lipinski definition) is 6. The molecule has 0 spiro atoms. The fraction of sp³-hybridized carbons (Fsp3) is 0.692. The lowest BCUT2D eigenvalue weighted by Gasteiger charge is -2.25. The van der Waals surface area contributed by atoms with E-state index in [9.17, 15) is 0 Å². The summed E-state index contributed by atoms with van der Waals surface area (Å²) in [5.74, 6) is 2.14. The molecule has 0 bridgehead atoms. The summed E-state index contributed by atoms with van der Waals surface area (Å²) in [5.41, 5.74) is 5.84. The second-order valence-corrected chi connectivity index (χ2v) is 5.37. The molecule has 2 heterocycles. The van der Waals surface area contributed by atoms with Crippen LogP contribution in [0.5, 0.6) is 0 Å². The Morgan fingerprint density at radius 2 is 2.21 bits per heavy atom. The molecule has 1 aromatic heterocycles. The second-order valence-electron chi connectivity index (χ2n) is 5.37. The van der Waals surface area contributed by atoms with Gasteiger partial charge < -0.3 is 20.9 Å². The van der Waals surface area contributed by atoms with Crippen molar-refractivity contribution in [2.75, 3.05) is 42.7 Å². The highest BCUT2D eigenvalue weighted by atomic mass is 15.3. The molecule has 6 nitrogen and oxygen atoms in total. The molecular weight excluding hydrogens is 240 g/mol. The first-order valence-corrected chi connectivity index (χ1v) is 6.81. The van der Waals surface area contributed by atoms with Gasteiger partial charge in [0, 0.05) is 38.3 Å². The zero-order valence-electron chi connectivity index (χ0n) is 12.2. The fourth-order valence-corrected chi connectivity index (χ4v) is 2.25. The zero-order valence-corrected chi connectivity index (χ0v) is 12.2. The minimum Gasteiger partial charge on any atom is -0.368 e. The first-order chi connectivity index (χ1) is 9.01. The molecule has 0 unspecified atom stereocenters. The number of nitrogen functional groups attached to an aromatic ring is 1. The topological polar surface area (TPSA) is 70.3 Å². The Balaban J connectivity index is 2.22. The third kappa shape index (κ3) is 3.07. The van der Waals surface area contributed by atoms with Crippen molar-refractivity contribution in [1.82, 2.24) is 15.3 Å². The van der Waals surface area contributed by atoms with Gasteiger partial charge in [-0.05, 0) is 27.3 Å². The molecule has 0 radical (unpaired) electrons. The molecule has 1 aromatic rings. The summed E-state index contributed by atoms with van der Waals surface area (Å²) in [6.45, 7) is 6.24. The third-order valence-electron chi connectivity index (χ3n) is 3.77. The number of rotatable bonds is 4. The molecule has 0 aromatic carbocycles. The van der Waals surface area contributed by atoms with E-state index in [0.29, 0.717) is 18.0 Å². The van der Waals surface area contributed by atoms with Gasteiger partial charge in [0.25, 0.3) is 0 Å². The maximum Gasteiger partial charge on any atom is 0.223 e. The van der Waals surface area contributed by atoms with Crippen LogP contribution in [0.25, 0.3) is 0 Å². The van der Waals surface area contributed by atoms with Crippen molar-refractivity contribution in [1.29, 1.82) is 0 Å². The van der Waals surface area contributed by atoms with E-state index in [-0.39, 0.29) is 0 Å². The normalized spacial score (nSPS) is 19.2. The van der Waals surface area contributed by atoms with Gasteiger partial charge in [-0.25, -0.2) is 0 Å². The molecule has 3 N–H and O–H groups in total. The Kier molecular flexibility index (Phi) is 4.09. The molecule has 1 saturated heterocycles. The highest BCUT2D eigenvalue weighted by molar-refractivity contribution is 5.54. The molecule has 1 fully saturated rings. The summed E-state index contributed by atoms with van der Waals surface area (Å²) in [5, 5.41) is 3.31. The Labute approximate surface area is 115 Å². The number of aromatic nitrogens is 2. The first kappa shape index (κ1) is 13.9. The van der Waals surface area contributed by atoms with Gasteiger partial charge in [0.05, 0.1) is 0 Å². The Morgan fingerprint density at radius 1 is 1.47 bits per heavy atom. The van der Waals surface area contributed by atoms with E-state index in [1.54, 1.807) is 0 Å². The van der Waals surface area contributed by atoms with Crippen molar-refractivity contribution in [2.45, 2.75) is 32.4 Å². The fourth-order valence-electron chi connectivity index (χ4n) is 2.25. The zero-order chi connectivity index (χ0) is 14.0. The van der Waals surface area contributed by atoms with Crippen molar-refractivity contribution >= 4 is 17.6 Å². The quantitative estimate of drug-likeness (QED) is 0.834. The van der Waals surface area contributed by atoms with Crippen LogP contribution in [0.15, 0.2) is 6.07 Å². The predicted octanol–water partition coefficient (Wildman–Crippen LogP) is 0.701. The van der Waals surface area contributed by atoms with E-state index >= 15 is 0 Å². The number of likely N-dealkylation sites (N-methyl/N-ethyl adjacent to an activating group) is 1. The maximum absolute atomic E-state index is 5.84. The van der Waals surface area contributed by atoms with Crippen LogP contribution in [0.4, 0.5) is 17.6 Å². The number of nitrogens with two attached hydrogens (primary N) is 1. The molecular formula is C13H24N6. The first-order valence-electron chi connectivity index (χ1n) is 6.81. The van der Waals surface area contributed by atoms with Crippen molar-refractivity contribution in [3.63, 3.8) is 0 Å². The number of hydrogen-bond donors (Lipinski definition) is 2. The van der Waals surface area contributed by atoms with Crippen LogP contribution in [0.1, 0.15) is 20.3 Å². The van der Waals surface area contributed by atoms with E-state index in [4.69, 9.17) is 5.73 Å². The smallest absolute Gasteiger partial charge is 0.223 e. The second kappa shape index (κ2) is 5.61. The van der Waals surface area contributed by atoms with E-state index < -0.39 is 0 Å². The molecule has 0 aliphatic carbocycles. The van der Waals surface area contributed by atoms with Gasteiger partial charge in [-0.15, -0.1) is 0 Å². The molecule has 106 valence electrons. The Hall–Kier alpha value is -1.56. The highest BCUT2D eigenvalue weighted by Gasteiger charge is 2.23. The summed E-state index contributed by atoms with van der Waals surface area (Å²) in [4.78, 5) is 13.0. The van der Waals surface area contributed by atoms with Gasteiger partial charge in [0.15, 0.2) is 0 Å². The minimum atomic E-state index is 0.341. The summed E-state index contributed by atoms with van der Waals surface area (Å²) in [7, 11) is 4.02. The van der Waals surface area contributed by atoms with E-state index in [1.807, 2.05) is 20.2 Å². The molecule has 1 atom stereocenters. The Bertz CT molecular complexity index is 433. The highest BCUT2D eigenvalue weighted by Crippen LogP contribution is 2.23. The summed E-state index contributed by atoms with van der Waals surface area (Å²) in [6, 6.07) is 2.93. The Morgan fingerprint density at radius 3 is 2.79 bits per heavy atom. The number of nitrogens with zero attached hydrogens (tertiary/aromatic N) is 4. The van der Waals surface area contributed by atoms with Crippen LogP contribution in [0, 0.1) is 0 Å². The van der Waals surface area contributed by atoms with Gasteiger partial charge in [0.1, 0.15) is 11.6 Å². The summed E-state index contributed by atoms with van der Waals surface area (Å²) >= 11 is 0. The van der Waals surface area contributed by atoms with Gasteiger partial charge in [-0.3, -0.25) is 0 Å². The standard InChI is InChI=1S/C13H24N6/c1-9(2)18(4)11-7-12(17-13(14)16-11)19-6-5-10(8-19)15-3/h7,9-10,15H,5-6,8H2,1-4H3,(H2,14,16,17)/t10-/m1/s1. The maximum atomic E-state index is 5.84. The van der Waals surface area contributed by atoms with Crippen LogP contribution < -0.4 is 20.9 Å². The monoisotopic (exact) mass is 264 g/mol. The molecule has 1 aliphatic heterocycles. The molecule has 0 saturated carbocycles. The molecule has 19 heavy (non-hydrogen) atoms. The molecule has 6 heteroatoms. The lowest BCUT2D eigenvalue weighted by molar-refractivity contribution is 0.616. The van der Waals surface area contributed by atoms with Gasteiger partial charge in [-0.2, -0.15) is 9.97 Å². The summed E-state index contributed by atoms with van der Waals surface area (Å²) < 4.78 is 0. The average Bonchev–Trinajstić information content (AvgIpc) is 2.85. The molecule has 0 amide bonds. The van der Waals surface area contributed by atoms with E-state index in [0.717, 1.165) is 31.1 Å². The SMILES string of the molecule is CN[C@@H]1CCN(c2cc(N(C)C(C)C)nc(N)n2)C1. The van der Waals surface area contributed by atoms with Crippen LogP contribution >= 0.6 is 0 Å². The predicted molar refractivity (Wildman–Crippen MR) is 79.7 cm³/mol. The average molecular weight is 264 g/mol. The van der Waals surface area contributed by atoms with Crippen molar-refractivity contribution in [3.05, 3.63) is 6.07 Å². The third-order valence-corrected chi connectivity index (χ3v) is 3.77. The van der Waals surface area contributed by atoms with Crippen LogP contribution in [0.3, 0.4) is 0 Å². The lowest BCUT2D eigenvalue weighted by atomic mass is 10.3. The summed E-state index contributed by atoms with van der Waals surface area (Å²) in [6.07, 6.45) is 1.13. The number of anilines is 3.